The lowest BCUT2D eigenvalue weighted by Gasteiger charge is -2.25. The highest BCUT2D eigenvalue weighted by Gasteiger charge is 2.39. The van der Waals surface area contributed by atoms with Crippen molar-refractivity contribution in [2.75, 3.05) is 18.4 Å². The monoisotopic (exact) mass is 310 g/mol. The summed E-state index contributed by atoms with van der Waals surface area (Å²) in [6.45, 7) is 5.82. The van der Waals surface area contributed by atoms with Gasteiger partial charge in [0, 0.05) is 16.7 Å². The Morgan fingerprint density at radius 1 is 1.56 bits per heavy atom. The number of aryl methyl sites for hydroxylation is 1. The van der Waals surface area contributed by atoms with Crippen molar-refractivity contribution < 1.29 is 4.79 Å². The molecule has 0 aromatic heterocycles. The summed E-state index contributed by atoms with van der Waals surface area (Å²) in [4.78, 5) is 12.4. The molecule has 1 heterocycles. The fourth-order valence-corrected chi connectivity index (χ4v) is 2.63. The van der Waals surface area contributed by atoms with E-state index in [1.165, 1.54) is 0 Å². The van der Waals surface area contributed by atoms with Crippen molar-refractivity contribution in [1.29, 1.82) is 0 Å². The molecule has 1 aromatic carbocycles. The predicted octanol–water partition coefficient (Wildman–Crippen LogP) is 3.09. The van der Waals surface area contributed by atoms with E-state index in [4.69, 9.17) is 0 Å². The standard InChI is InChI=1S/C14H19BrN2O/c1-3-14(6-7-16-9-14)13(18)17-11-4-5-12(15)10(2)8-11/h4-5,8,16H,3,6-7,9H2,1-2H3,(H,17,18). The fraction of sp³-hybridized carbons (Fsp3) is 0.500. The van der Waals surface area contributed by atoms with Crippen LogP contribution >= 0.6 is 15.9 Å². The second kappa shape index (κ2) is 5.41. The quantitative estimate of drug-likeness (QED) is 0.901. The number of benzene rings is 1. The first-order valence-electron chi connectivity index (χ1n) is 6.36. The Bertz CT molecular complexity index is 453. The van der Waals surface area contributed by atoms with E-state index in [0.717, 1.165) is 41.7 Å². The number of carbonyl (C=O) groups excluding carboxylic acids is 1. The van der Waals surface area contributed by atoms with E-state index in [0.29, 0.717) is 0 Å². The van der Waals surface area contributed by atoms with E-state index in [-0.39, 0.29) is 11.3 Å². The Hall–Kier alpha value is -0.870. The summed E-state index contributed by atoms with van der Waals surface area (Å²) in [5.41, 5.74) is 1.77. The van der Waals surface area contributed by atoms with Crippen LogP contribution in [0.4, 0.5) is 5.69 Å². The number of anilines is 1. The maximum atomic E-state index is 12.4. The number of rotatable bonds is 3. The Balaban J connectivity index is 2.13. The van der Waals surface area contributed by atoms with Crippen LogP contribution in [0.5, 0.6) is 0 Å². The lowest BCUT2D eigenvalue weighted by Crippen LogP contribution is -2.37. The lowest BCUT2D eigenvalue weighted by molar-refractivity contribution is -0.124. The number of amides is 1. The van der Waals surface area contributed by atoms with Crippen LogP contribution in [-0.4, -0.2) is 19.0 Å². The molecule has 0 radical (unpaired) electrons. The minimum absolute atomic E-state index is 0.136. The molecular weight excluding hydrogens is 292 g/mol. The van der Waals surface area contributed by atoms with Crippen molar-refractivity contribution in [3.63, 3.8) is 0 Å². The predicted molar refractivity (Wildman–Crippen MR) is 77.7 cm³/mol. The highest BCUT2D eigenvalue weighted by Crippen LogP contribution is 2.31. The zero-order chi connectivity index (χ0) is 13.2. The van der Waals surface area contributed by atoms with Crippen molar-refractivity contribution >= 4 is 27.5 Å². The van der Waals surface area contributed by atoms with E-state index >= 15 is 0 Å². The van der Waals surface area contributed by atoms with Crippen LogP contribution in [0.25, 0.3) is 0 Å². The molecule has 0 aliphatic carbocycles. The maximum Gasteiger partial charge on any atom is 0.231 e. The molecule has 1 unspecified atom stereocenters. The van der Waals surface area contributed by atoms with Crippen LogP contribution < -0.4 is 10.6 Å². The van der Waals surface area contributed by atoms with Gasteiger partial charge in [0.2, 0.25) is 5.91 Å². The molecule has 0 spiro atoms. The minimum atomic E-state index is -0.235. The third-order valence-electron chi connectivity index (χ3n) is 3.82. The number of carbonyl (C=O) groups is 1. The van der Waals surface area contributed by atoms with Gasteiger partial charge in [-0.2, -0.15) is 0 Å². The van der Waals surface area contributed by atoms with Crippen molar-refractivity contribution in [1.82, 2.24) is 5.32 Å². The van der Waals surface area contributed by atoms with Crippen molar-refractivity contribution in [2.24, 2.45) is 5.41 Å². The Labute approximate surface area is 116 Å². The van der Waals surface area contributed by atoms with Crippen molar-refractivity contribution in [3.05, 3.63) is 28.2 Å². The summed E-state index contributed by atoms with van der Waals surface area (Å²) < 4.78 is 1.06. The topological polar surface area (TPSA) is 41.1 Å². The lowest BCUT2D eigenvalue weighted by atomic mass is 9.83. The molecule has 1 saturated heterocycles. The zero-order valence-corrected chi connectivity index (χ0v) is 12.4. The smallest absolute Gasteiger partial charge is 0.231 e. The van der Waals surface area contributed by atoms with Crippen LogP contribution in [0.3, 0.4) is 0 Å². The first-order chi connectivity index (χ1) is 8.57. The van der Waals surface area contributed by atoms with Crippen LogP contribution in [0, 0.1) is 12.3 Å². The van der Waals surface area contributed by atoms with Gasteiger partial charge >= 0.3 is 0 Å². The Kier molecular flexibility index (Phi) is 4.07. The van der Waals surface area contributed by atoms with Crippen molar-refractivity contribution in [3.8, 4) is 0 Å². The van der Waals surface area contributed by atoms with E-state index < -0.39 is 0 Å². The first kappa shape index (κ1) is 13.6. The molecule has 0 bridgehead atoms. The average Bonchev–Trinajstić information content (AvgIpc) is 2.84. The number of hydrogen-bond acceptors (Lipinski definition) is 2. The van der Waals surface area contributed by atoms with Gasteiger partial charge in [-0.1, -0.05) is 22.9 Å². The summed E-state index contributed by atoms with van der Waals surface area (Å²) in [5, 5.41) is 6.33. The second-order valence-corrected chi connectivity index (χ2v) is 5.83. The molecule has 2 N–H and O–H groups in total. The summed E-state index contributed by atoms with van der Waals surface area (Å²) in [6.07, 6.45) is 1.80. The first-order valence-corrected chi connectivity index (χ1v) is 7.15. The molecule has 1 amide bonds. The molecule has 1 fully saturated rings. The summed E-state index contributed by atoms with van der Waals surface area (Å²) in [7, 11) is 0. The van der Waals surface area contributed by atoms with Crippen LogP contribution in [-0.2, 0) is 4.79 Å². The van der Waals surface area contributed by atoms with Gasteiger partial charge in [0.1, 0.15) is 0 Å². The molecule has 1 atom stereocenters. The van der Waals surface area contributed by atoms with Gasteiger partial charge in [-0.25, -0.2) is 0 Å². The normalized spacial score (nSPS) is 23.1. The molecule has 1 aromatic rings. The van der Waals surface area contributed by atoms with Gasteiger partial charge in [-0.3, -0.25) is 4.79 Å². The van der Waals surface area contributed by atoms with Gasteiger partial charge in [0.05, 0.1) is 5.41 Å². The number of hydrogen-bond donors (Lipinski definition) is 2. The summed E-state index contributed by atoms with van der Waals surface area (Å²) in [6, 6.07) is 5.89. The highest BCUT2D eigenvalue weighted by molar-refractivity contribution is 9.10. The Morgan fingerprint density at radius 3 is 2.89 bits per heavy atom. The molecule has 3 nitrogen and oxygen atoms in total. The third kappa shape index (κ3) is 2.59. The zero-order valence-electron chi connectivity index (χ0n) is 10.8. The number of halogens is 1. The minimum Gasteiger partial charge on any atom is -0.326 e. The van der Waals surface area contributed by atoms with Gasteiger partial charge in [-0.05, 0) is 50.1 Å². The maximum absolute atomic E-state index is 12.4. The van der Waals surface area contributed by atoms with Gasteiger partial charge in [0.25, 0.3) is 0 Å². The summed E-state index contributed by atoms with van der Waals surface area (Å²) in [5.74, 6) is 0.136. The molecule has 2 rings (SSSR count). The molecule has 98 valence electrons. The van der Waals surface area contributed by atoms with E-state index in [1.807, 2.05) is 25.1 Å². The highest BCUT2D eigenvalue weighted by atomic mass is 79.9. The average molecular weight is 311 g/mol. The largest absolute Gasteiger partial charge is 0.326 e. The van der Waals surface area contributed by atoms with Gasteiger partial charge < -0.3 is 10.6 Å². The van der Waals surface area contributed by atoms with E-state index in [2.05, 4.69) is 33.5 Å². The van der Waals surface area contributed by atoms with Crippen molar-refractivity contribution in [2.45, 2.75) is 26.7 Å². The van der Waals surface area contributed by atoms with Crippen LogP contribution in [0.1, 0.15) is 25.3 Å². The molecule has 1 aliphatic heterocycles. The number of nitrogens with one attached hydrogen (secondary N) is 2. The summed E-state index contributed by atoms with van der Waals surface area (Å²) >= 11 is 3.46. The molecule has 4 heteroatoms. The third-order valence-corrected chi connectivity index (χ3v) is 4.71. The van der Waals surface area contributed by atoms with Crippen LogP contribution in [0.2, 0.25) is 0 Å². The second-order valence-electron chi connectivity index (χ2n) is 4.98. The Morgan fingerprint density at radius 2 is 2.33 bits per heavy atom. The SMILES string of the molecule is CCC1(C(=O)Nc2ccc(Br)c(C)c2)CCNC1. The van der Waals surface area contributed by atoms with Crippen LogP contribution in [0.15, 0.2) is 22.7 Å². The molecular formula is C14H19BrN2O. The van der Waals surface area contributed by atoms with Gasteiger partial charge in [-0.15, -0.1) is 0 Å². The van der Waals surface area contributed by atoms with E-state index in [9.17, 15) is 4.79 Å². The fourth-order valence-electron chi connectivity index (χ4n) is 2.39. The molecule has 18 heavy (non-hydrogen) atoms. The van der Waals surface area contributed by atoms with Gasteiger partial charge in [0.15, 0.2) is 0 Å². The molecule has 1 aliphatic rings. The van der Waals surface area contributed by atoms with E-state index in [1.54, 1.807) is 0 Å². The molecule has 0 saturated carbocycles.